The van der Waals surface area contributed by atoms with Crippen molar-refractivity contribution in [2.75, 3.05) is 6.61 Å². The number of esters is 1. The van der Waals surface area contributed by atoms with Crippen LogP contribution in [-0.2, 0) is 9.53 Å². The largest absolute Gasteiger partial charge is 0.452 e. The summed E-state index contributed by atoms with van der Waals surface area (Å²) in [4.78, 5) is 36.0. The van der Waals surface area contributed by atoms with Crippen LogP contribution in [0.3, 0.4) is 0 Å². The number of carbonyl (C=O) groups excluding carboxylic acids is 2. The Morgan fingerprint density at radius 1 is 1.24 bits per heavy atom. The Balaban J connectivity index is 1.61. The number of hydrogen-bond acceptors (Lipinski definition) is 5. The number of amides is 1. The molecule has 3 rings (SSSR count). The first-order chi connectivity index (χ1) is 12.0. The Morgan fingerprint density at radius 2 is 2.00 bits per heavy atom. The molecule has 0 spiro atoms. The van der Waals surface area contributed by atoms with Crippen LogP contribution in [0.4, 0.5) is 0 Å². The van der Waals surface area contributed by atoms with Crippen molar-refractivity contribution in [2.24, 2.45) is 5.92 Å². The minimum Gasteiger partial charge on any atom is -0.452 e. The number of rotatable bonds is 4. The molecule has 2 atom stereocenters. The van der Waals surface area contributed by atoms with E-state index in [1.54, 1.807) is 24.3 Å². The van der Waals surface area contributed by atoms with Crippen LogP contribution in [0.1, 0.15) is 43.0 Å². The summed E-state index contributed by atoms with van der Waals surface area (Å²) in [6.07, 6.45) is 4.30. The summed E-state index contributed by atoms with van der Waals surface area (Å²) in [6, 6.07) is 8.42. The van der Waals surface area contributed by atoms with E-state index in [1.807, 2.05) is 0 Å². The average Bonchev–Trinajstić information content (AvgIpc) is 2.61. The molecular weight excluding hydrogens is 322 g/mol. The molecule has 0 radical (unpaired) electrons. The van der Waals surface area contributed by atoms with Gasteiger partial charge < -0.3 is 14.5 Å². The van der Waals surface area contributed by atoms with Crippen LogP contribution in [0.5, 0.6) is 0 Å². The smallest absolute Gasteiger partial charge is 0.351 e. The van der Waals surface area contributed by atoms with Gasteiger partial charge in [-0.15, -0.1) is 0 Å². The van der Waals surface area contributed by atoms with Crippen LogP contribution >= 0.6 is 0 Å². The van der Waals surface area contributed by atoms with Crippen LogP contribution < -0.4 is 10.9 Å². The Labute approximate surface area is 145 Å². The molecule has 0 unspecified atom stereocenters. The fourth-order valence-corrected chi connectivity index (χ4v) is 3.19. The fraction of sp³-hybridized carbons (Fsp3) is 0.421. The van der Waals surface area contributed by atoms with E-state index >= 15 is 0 Å². The summed E-state index contributed by atoms with van der Waals surface area (Å²) in [5.74, 6) is -0.787. The molecule has 1 N–H and O–H groups in total. The van der Waals surface area contributed by atoms with E-state index < -0.39 is 18.2 Å². The van der Waals surface area contributed by atoms with E-state index in [9.17, 15) is 14.4 Å². The standard InChI is InChI=1S/C19H21NO5/c1-12-6-2-4-8-15(12)20-17(21)11-24-18(22)14-10-13-7-3-5-9-16(13)25-19(14)23/h3,5,7,9-10,12,15H,2,4,6,8,11H2,1H3,(H,20,21)/t12-,15+/m0/s1. The minimum atomic E-state index is -0.855. The Hall–Kier alpha value is -2.63. The van der Waals surface area contributed by atoms with Gasteiger partial charge in [0.15, 0.2) is 6.61 Å². The highest BCUT2D eigenvalue weighted by Crippen LogP contribution is 2.23. The molecular formula is C19H21NO5. The SMILES string of the molecule is C[C@H]1CCCC[C@H]1NC(=O)COC(=O)c1cc2ccccc2oc1=O. The van der Waals surface area contributed by atoms with E-state index in [0.29, 0.717) is 16.9 Å². The highest BCUT2D eigenvalue weighted by molar-refractivity contribution is 5.94. The summed E-state index contributed by atoms with van der Waals surface area (Å²) in [5.41, 5.74) is -0.587. The van der Waals surface area contributed by atoms with Gasteiger partial charge in [-0.3, -0.25) is 4.79 Å². The zero-order chi connectivity index (χ0) is 17.8. The summed E-state index contributed by atoms with van der Waals surface area (Å²) in [5, 5.41) is 3.52. The van der Waals surface area contributed by atoms with Gasteiger partial charge in [0.05, 0.1) is 0 Å². The molecule has 132 valence electrons. The maximum atomic E-state index is 12.1. The first-order valence-corrected chi connectivity index (χ1v) is 8.54. The third-order valence-electron chi connectivity index (χ3n) is 4.65. The van der Waals surface area contributed by atoms with Crippen LogP contribution in [0.2, 0.25) is 0 Å². The van der Waals surface area contributed by atoms with Gasteiger partial charge in [-0.25, -0.2) is 9.59 Å². The van der Waals surface area contributed by atoms with Gasteiger partial charge in [0.25, 0.3) is 5.91 Å². The van der Waals surface area contributed by atoms with Crippen LogP contribution in [0, 0.1) is 5.92 Å². The molecule has 1 fully saturated rings. The Bertz CT molecular complexity index is 841. The van der Waals surface area contributed by atoms with Crippen molar-refractivity contribution in [3.05, 3.63) is 46.3 Å². The lowest BCUT2D eigenvalue weighted by atomic mass is 9.86. The lowest BCUT2D eigenvalue weighted by molar-refractivity contribution is -0.125. The Kier molecular flexibility index (Phi) is 5.16. The molecule has 1 aromatic heterocycles. The molecule has 1 aliphatic rings. The number of ether oxygens (including phenoxy) is 1. The second-order valence-electron chi connectivity index (χ2n) is 6.50. The van der Waals surface area contributed by atoms with Crippen LogP contribution in [0.15, 0.2) is 39.5 Å². The van der Waals surface area contributed by atoms with E-state index in [-0.39, 0.29) is 17.5 Å². The zero-order valence-corrected chi connectivity index (χ0v) is 14.1. The zero-order valence-electron chi connectivity index (χ0n) is 14.1. The molecule has 1 saturated carbocycles. The second-order valence-corrected chi connectivity index (χ2v) is 6.50. The molecule has 1 aliphatic carbocycles. The lowest BCUT2D eigenvalue weighted by Gasteiger charge is -2.29. The molecule has 2 aromatic rings. The van der Waals surface area contributed by atoms with Crippen molar-refractivity contribution in [2.45, 2.75) is 38.6 Å². The molecule has 1 aromatic carbocycles. The van der Waals surface area contributed by atoms with Gasteiger partial charge in [-0.05, 0) is 30.9 Å². The van der Waals surface area contributed by atoms with Crippen molar-refractivity contribution in [1.82, 2.24) is 5.32 Å². The third kappa shape index (κ3) is 4.07. The average molecular weight is 343 g/mol. The number of fused-ring (bicyclic) bond motifs is 1. The number of nitrogens with one attached hydrogen (secondary N) is 1. The summed E-state index contributed by atoms with van der Waals surface area (Å²) in [6.45, 7) is 1.70. The molecule has 6 heteroatoms. The van der Waals surface area contributed by atoms with Crippen molar-refractivity contribution < 1.29 is 18.7 Å². The molecule has 0 aliphatic heterocycles. The predicted octanol–water partition coefficient (Wildman–Crippen LogP) is 2.64. The van der Waals surface area contributed by atoms with Crippen molar-refractivity contribution in [1.29, 1.82) is 0 Å². The number of para-hydroxylation sites is 1. The first-order valence-electron chi connectivity index (χ1n) is 8.54. The van der Waals surface area contributed by atoms with Gasteiger partial charge >= 0.3 is 11.6 Å². The second kappa shape index (κ2) is 7.51. The van der Waals surface area contributed by atoms with Gasteiger partial charge in [-0.2, -0.15) is 0 Å². The van der Waals surface area contributed by atoms with Crippen molar-refractivity contribution in [3.8, 4) is 0 Å². The quantitative estimate of drug-likeness (QED) is 0.681. The molecule has 0 saturated heterocycles. The molecule has 25 heavy (non-hydrogen) atoms. The molecule has 1 amide bonds. The summed E-state index contributed by atoms with van der Waals surface area (Å²) >= 11 is 0. The van der Waals surface area contributed by atoms with Crippen LogP contribution in [-0.4, -0.2) is 24.5 Å². The minimum absolute atomic E-state index is 0.116. The van der Waals surface area contributed by atoms with Gasteiger partial charge in [0, 0.05) is 11.4 Å². The van der Waals surface area contributed by atoms with E-state index in [0.717, 1.165) is 19.3 Å². The van der Waals surface area contributed by atoms with Gasteiger partial charge in [0.2, 0.25) is 0 Å². The Morgan fingerprint density at radius 3 is 2.80 bits per heavy atom. The van der Waals surface area contributed by atoms with Crippen LogP contribution in [0.25, 0.3) is 11.0 Å². The van der Waals surface area contributed by atoms with E-state index in [4.69, 9.17) is 9.15 Å². The topological polar surface area (TPSA) is 85.6 Å². The number of carbonyl (C=O) groups is 2. The third-order valence-corrected chi connectivity index (χ3v) is 4.65. The number of hydrogen-bond donors (Lipinski definition) is 1. The summed E-state index contributed by atoms with van der Waals surface area (Å²) in [7, 11) is 0. The maximum absolute atomic E-state index is 12.1. The maximum Gasteiger partial charge on any atom is 0.351 e. The van der Waals surface area contributed by atoms with Gasteiger partial charge in [-0.1, -0.05) is 38.0 Å². The predicted molar refractivity (Wildman–Crippen MR) is 92.3 cm³/mol. The highest BCUT2D eigenvalue weighted by Gasteiger charge is 2.23. The van der Waals surface area contributed by atoms with E-state index in [2.05, 4.69) is 12.2 Å². The highest BCUT2D eigenvalue weighted by atomic mass is 16.5. The molecule has 6 nitrogen and oxygen atoms in total. The summed E-state index contributed by atoms with van der Waals surface area (Å²) < 4.78 is 10.1. The van der Waals surface area contributed by atoms with Gasteiger partial charge in [0.1, 0.15) is 11.1 Å². The molecule has 1 heterocycles. The molecule has 0 bridgehead atoms. The van der Waals surface area contributed by atoms with Crippen molar-refractivity contribution in [3.63, 3.8) is 0 Å². The normalized spacial score (nSPS) is 20.2. The van der Waals surface area contributed by atoms with E-state index in [1.165, 1.54) is 12.5 Å². The fourth-order valence-electron chi connectivity index (χ4n) is 3.19. The monoisotopic (exact) mass is 343 g/mol. The van der Waals surface area contributed by atoms with Crippen molar-refractivity contribution >= 4 is 22.8 Å². The first kappa shape index (κ1) is 17.2. The number of benzene rings is 1. The lowest BCUT2D eigenvalue weighted by Crippen LogP contribution is -2.43.